The summed E-state index contributed by atoms with van der Waals surface area (Å²) in [6.45, 7) is 1.97. The van der Waals surface area contributed by atoms with Gasteiger partial charge in [-0.25, -0.2) is 9.97 Å². The molecule has 1 atom stereocenters. The van der Waals surface area contributed by atoms with Gasteiger partial charge in [-0.3, -0.25) is 4.79 Å². The number of halogens is 1. The summed E-state index contributed by atoms with van der Waals surface area (Å²) in [7, 11) is 0. The quantitative estimate of drug-likeness (QED) is 0.672. The van der Waals surface area contributed by atoms with E-state index in [1.54, 1.807) is 25.3 Å². The minimum atomic E-state index is -0.505. The highest BCUT2D eigenvalue weighted by molar-refractivity contribution is 9.10. The van der Waals surface area contributed by atoms with E-state index in [9.17, 15) is 4.79 Å². The highest BCUT2D eigenvalue weighted by Gasteiger charge is 2.18. The molecule has 0 saturated carbocycles. The van der Waals surface area contributed by atoms with E-state index in [2.05, 4.69) is 30.9 Å². The first-order valence-electron chi connectivity index (χ1n) is 7.67. The topological polar surface area (TPSA) is 86.3 Å². The van der Waals surface area contributed by atoms with E-state index in [4.69, 9.17) is 14.2 Å². The number of nitrogens with zero attached hydrogens (tertiary/aromatic N) is 2. The molecule has 0 amide bonds. The first kappa shape index (κ1) is 15.9. The van der Waals surface area contributed by atoms with E-state index in [0.29, 0.717) is 23.0 Å². The van der Waals surface area contributed by atoms with Crippen molar-refractivity contribution in [1.29, 1.82) is 0 Å². The van der Waals surface area contributed by atoms with Crippen molar-refractivity contribution in [1.82, 2.24) is 15.0 Å². The number of esters is 1. The van der Waals surface area contributed by atoms with Gasteiger partial charge in [-0.15, -0.1) is 0 Å². The number of aromatic amines is 1. The summed E-state index contributed by atoms with van der Waals surface area (Å²) in [5, 5.41) is 0. The van der Waals surface area contributed by atoms with Gasteiger partial charge < -0.3 is 19.2 Å². The number of rotatable bonds is 4. The molecule has 0 bridgehead atoms. The van der Waals surface area contributed by atoms with E-state index in [-0.39, 0.29) is 19.2 Å². The maximum Gasteiger partial charge on any atom is 0.310 e. The molecule has 3 aromatic rings. The molecule has 25 heavy (non-hydrogen) atoms. The van der Waals surface area contributed by atoms with Gasteiger partial charge in [0, 0.05) is 10.7 Å². The van der Waals surface area contributed by atoms with Gasteiger partial charge in [0.25, 0.3) is 0 Å². The second-order valence-corrected chi connectivity index (χ2v) is 6.56. The first-order chi connectivity index (χ1) is 12.1. The number of pyridine rings is 1. The SMILES string of the molecule is C[C@H](OC(=O)Cc1ccc2c(c1)OCO2)c1nc2ncc(Br)cc2[nH]1. The summed E-state index contributed by atoms with van der Waals surface area (Å²) in [5.74, 6) is 1.54. The Kier molecular flexibility index (Phi) is 4.04. The zero-order valence-corrected chi connectivity index (χ0v) is 14.9. The zero-order chi connectivity index (χ0) is 17.4. The Balaban J connectivity index is 1.44. The number of hydrogen-bond donors (Lipinski definition) is 1. The summed E-state index contributed by atoms with van der Waals surface area (Å²) in [5.41, 5.74) is 2.16. The normalized spacial score (nSPS) is 13.8. The number of benzene rings is 1. The molecule has 1 aromatic carbocycles. The fourth-order valence-electron chi connectivity index (χ4n) is 2.60. The van der Waals surface area contributed by atoms with Crippen molar-refractivity contribution < 1.29 is 19.0 Å². The molecule has 7 nitrogen and oxygen atoms in total. The van der Waals surface area contributed by atoms with Crippen LogP contribution in [-0.2, 0) is 16.0 Å². The lowest BCUT2D eigenvalue weighted by atomic mass is 10.1. The number of H-pyrrole nitrogens is 1. The summed E-state index contributed by atoms with van der Waals surface area (Å²) in [4.78, 5) is 23.9. The third-order valence-electron chi connectivity index (χ3n) is 3.80. The molecule has 4 rings (SSSR count). The van der Waals surface area contributed by atoms with E-state index in [1.807, 2.05) is 12.1 Å². The highest BCUT2D eigenvalue weighted by atomic mass is 79.9. The number of nitrogens with one attached hydrogen (secondary N) is 1. The Morgan fingerprint density at radius 1 is 1.36 bits per heavy atom. The lowest BCUT2D eigenvalue weighted by Crippen LogP contribution is -2.12. The first-order valence-corrected chi connectivity index (χ1v) is 8.47. The van der Waals surface area contributed by atoms with Crippen LogP contribution in [0.3, 0.4) is 0 Å². The molecule has 0 unspecified atom stereocenters. The van der Waals surface area contributed by atoms with Crippen molar-refractivity contribution in [3.05, 3.63) is 46.3 Å². The molecule has 0 saturated heterocycles. The third kappa shape index (κ3) is 3.30. The molecule has 3 heterocycles. The number of ether oxygens (including phenoxy) is 3. The molecule has 1 aliphatic rings. The van der Waals surface area contributed by atoms with E-state index < -0.39 is 6.10 Å². The maximum atomic E-state index is 12.2. The minimum Gasteiger partial charge on any atom is -0.454 e. The average Bonchev–Trinajstić information content (AvgIpc) is 3.20. The summed E-state index contributed by atoms with van der Waals surface area (Å²) in [6, 6.07) is 7.27. The Hall–Kier alpha value is -2.61. The molecule has 1 N–H and O–H groups in total. The van der Waals surface area contributed by atoms with Crippen molar-refractivity contribution in [2.24, 2.45) is 0 Å². The molecule has 0 radical (unpaired) electrons. The van der Waals surface area contributed by atoms with Crippen LogP contribution in [0.15, 0.2) is 34.9 Å². The number of carbonyl (C=O) groups is 1. The summed E-state index contributed by atoms with van der Waals surface area (Å²) >= 11 is 3.36. The lowest BCUT2D eigenvalue weighted by Gasteiger charge is -2.11. The Morgan fingerprint density at radius 2 is 2.20 bits per heavy atom. The maximum absolute atomic E-state index is 12.2. The second-order valence-electron chi connectivity index (χ2n) is 5.64. The molecule has 1 aliphatic heterocycles. The van der Waals surface area contributed by atoms with Crippen molar-refractivity contribution in [3.63, 3.8) is 0 Å². The van der Waals surface area contributed by atoms with Crippen LogP contribution in [0.4, 0.5) is 0 Å². The molecule has 0 aliphatic carbocycles. The summed E-state index contributed by atoms with van der Waals surface area (Å²) < 4.78 is 16.9. The van der Waals surface area contributed by atoms with Crippen LogP contribution in [0.5, 0.6) is 11.5 Å². The fourth-order valence-corrected chi connectivity index (χ4v) is 2.93. The minimum absolute atomic E-state index is 0.144. The smallest absolute Gasteiger partial charge is 0.310 e. The number of hydrogen-bond acceptors (Lipinski definition) is 6. The largest absolute Gasteiger partial charge is 0.454 e. The van der Waals surface area contributed by atoms with Crippen molar-refractivity contribution in [3.8, 4) is 11.5 Å². The van der Waals surface area contributed by atoms with Gasteiger partial charge >= 0.3 is 5.97 Å². The number of imidazole rings is 1. The molecule has 2 aromatic heterocycles. The van der Waals surface area contributed by atoms with Gasteiger partial charge in [0.15, 0.2) is 23.3 Å². The Morgan fingerprint density at radius 3 is 3.08 bits per heavy atom. The van der Waals surface area contributed by atoms with Crippen LogP contribution in [0.2, 0.25) is 0 Å². The van der Waals surface area contributed by atoms with Crippen LogP contribution in [0.25, 0.3) is 11.2 Å². The lowest BCUT2D eigenvalue weighted by molar-refractivity contribution is -0.148. The van der Waals surface area contributed by atoms with Gasteiger partial charge in [-0.1, -0.05) is 6.07 Å². The monoisotopic (exact) mass is 403 g/mol. The van der Waals surface area contributed by atoms with Crippen LogP contribution >= 0.6 is 15.9 Å². The van der Waals surface area contributed by atoms with Crippen molar-refractivity contribution >= 4 is 33.1 Å². The highest BCUT2D eigenvalue weighted by Crippen LogP contribution is 2.32. The predicted octanol–water partition coefficient (Wildman–Crippen LogP) is 3.30. The zero-order valence-electron chi connectivity index (χ0n) is 13.3. The fraction of sp³-hybridized carbons (Fsp3) is 0.235. The molecule has 0 spiro atoms. The number of fused-ring (bicyclic) bond motifs is 2. The van der Waals surface area contributed by atoms with E-state index in [1.165, 1.54) is 0 Å². The van der Waals surface area contributed by atoms with Gasteiger partial charge in [0.1, 0.15) is 5.82 Å². The Bertz CT molecular complexity index is 956. The van der Waals surface area contributed by atoms with E-state index >= 15 is 0 Å². The Labute approximate surface area is 151 Å². The van der Waals surface area contributed by atoms with Crippen molar-refractivity contribution in [2.75, 3.05) is 6.79 Å². The molecule has 128 valence electrons. The van der Waals surface area contributed by atoms with E-state index in [0.717, 1.165) is 15.6 Å². The third-order valence-corrected chi connectivity index (χ3v) is 4.23. The molecule has 0 fully saturated rings. The standard InChI is InChI=1S/C17H14BrN3O4/c1-9(16-20-12-6-11(18)7-19-17(12)21-16)25-15(22)5-10-2-3-13-14(4-10)24-8-23-13/h2-4,6-7,9H,5,8H2,1H3,(H,19,20,21)/t9-/m0/s1. The van der Waals surface area contributed by atoms with Crippen LogP contribution < -0.4 is 9.47 Å². The van der Waals surface area contributed by atoms with Crippen molar-refractivity contribution in [2.45, 2.75) is 19.4 Å². The predicted molar refractivity (Wildman–Crippen MR) is 92.4 cm³/mol. The second kappa shape index (κ2) is 6.36. The van der Waals surface area contributed by atoms with Gasteiger partial charge in [-0.2, -0.15) is 0 Å². The van der Waals surface area contributed by atoms with Gasteiger partial charge in [0.05, 0.1) is 11.9 Å². The van der Waals surface area contributed by atoms with Gasteiger partial charge in [0.2, 0.25) is 6.79 Å². The molecular weight excluding hydrogens is 390 g/mol. The molecule has 8 heteroatoms. The summed E-state index contributed by atoms with van der Waals surface area (Å²) in [6.07, 6.45) is 1.31. The number of aromatic nitrogens is 3. The number of carbonyl (C=O) groups excluding carboxylic acids is 1. The molecular formula is C17H14BrN3O4. The van der Waals surface area contributed by atoms with Gasteiger partial charge in [-0.05, 0) is 46.6 Å². The van der Waals surface area contributed by atoms with Crippen LogP contribution in [0, 0.1) is 0 Å². The van der Waals surface area contributed by atoms with Crippen LogP contribution in [-0.4, -0.2) is 27.7 Å². The van der Waals surface area contributed by atoms with Crippen LogP contribution in [0.1, 0.15) is 24.4 Å². The average molecular weight is 404 g/mol.